The molecule has 1 aromatic heterocycles. The van der Waals surface area contributed by atoms with Crippen LogP contribution in [0.3, 0.4) is 0 Å². The van der Waals surface area contributed by atoms with E-state index < -0.39 is 0 Å². The van der Waals surface area contributed by atoms with Crippen LogP contribution in [0.2, 0.25) is 0 Å². The zero-order valence-corrected chi connectivity index (χ0v) is 11.0. The Kier molecular flexibility index (Phi) is 3.62. The number of nitrogens with one attached hydrogen (secondary N) is 1. The SMILES string of the molecule is CNCc1cnc(N2CCC(C)(C)CC2)cn1. The molecule has 0 aromatic carbocycles. The van der Waals surface area contributed by atoms with Gasteiger partial charge in [-0.2, -0.15) is 0 Å². The average molecular weight is 234 g/mol. The molecular weight excluding hydrogens is 212 g/mol. The predicted molar refractivity (Wildman–Crippen MR) is 70.0 cm³/mol. The third kappa shape index (κ3) is 3.16. The standard InChI is InChI=1S/C13H22N4/c1-13(2)4-6-17(7-5-13)12-10-15-11(8-14-3)9-16-12/h9-10,14H,4-8H2,1-3H3. The Balaban J connectivity index is 1.99. The van der Waals surface area contributed by atoms with Crippen LogP contribution < -0.4 is 10.2 Å². The van der Waals surface area contributed by atoms with Crippen LogP contribution in [0.15, 0.2) is 12.4 Å². The minimum absolute atomic E-state index is 0.482. The molecule has 1 aromatic rings. The van der Waals surface area contributed by atoms with E-state index in [0.29, 0.717) is 5.41 Å². The molecule has 0 radical (unpaired) electrons. The highest BCUT2D eigenvalue weighted by atomic mass is 15.2. The minimum Gasteiger partial charge on any atom is -0.355 e. The van der Waals surface area contributed by atoms with Gasteiger partial charge in [0.25, 0.3) is 0 Å². The van der Waals surface area contributed by atoms with Crippen LogP contribution >= 0.6 is 0 Å². The van der Waals surface area contributed by atoms with E-state index in [9.17, 15) is 0 Å². The summed E-state index contributed by atoms with van der Waals surface area (Å²) in [6.07, 6.45) is 6.22. The maximum atomic E-state index is 4.49. The van der Waals surface area contributed by atoms with Gasteiger partial charge in [0.2, 0.25) is 0 Å². The van der Waals surface area contributed by atoms with Crippen molar-refractivity contribution >= 4 is 5.82 Å². The number of hydrogen-bond acceptors (Lipinski definition) is 4. The quantitative estimate of drug-likeness (QED) is 0.866. The van der Waals surface area contributed by atoms with Crippen LogP contribution in [0.1, 0.15) is 32.4 Å². The zero-order valence-electron chi connectivity index (χ0n) is 11.0. The van der Waals surface area contributed by atoms with Gasteiger partial charge in [0, 0.05) is 19.6 Å². The maximum Gasteiger partial charge on any atom is 0.147 e. The molecule has 4 nitrogen and oxygen atoms in total. The average Bonchev–Trinajstić information content (AvgIpc) is 2.31. The molecule has 0 bridgehead atoms. The summed E-state index contributed by atoms with van der Waals surface area (Å²) in [5.74, 6) is 1.01. The largest absolute Gasteiger partial charge is 0.355 e. The number of anilines is 1. The molecule has 94 valence electrons. The first-order chi connectivity index (χ1) is 8.11. The summed E-state index contributed by atoms with van der Waals surface area (Å²) in [5.41, 5.74) is 1.48. The van der Waals surface area contributed by atoms with Gasteiger partial charge in [0.15, 0.2) is 0 Å². The second-order valence-corrected chi connectivity index (χ2v) is 5.55. The summed E-state index contributed by atoms with van der Waals surface area (Å²) in [5, 5.41) is 3.08. The van der Waals surface area contributed by atoms with Crippen molar-refractivity contribution in [1.29, 1.82) is 0 Å². The van der Waals surface area contributed by atoms with Gasteiger partial charge in [-0.3, -0.25) is 4.98 Å². The Morgan fingerprint density at radius 3 is 2.47 bits per heavy atom. The number of rotatable bonds is 3. The molecule has 0 aliphatic carbocycles. The first-order valence-corrected chi connectivity index (χ1v) is 6.31. The van der Waals surface area contributed by atoms with E-state index in [2.05, 4.69) is 34.0 Å². The lowest BCUT2D eigenvalue weighted by molar-refractivity contribution is 0.279. The summed E-state index contributed by atoms with van der Waals surface area (Å²) in [6, 6.07) is 0. The Morgan fingerprint density at radius 1 is 1.24 bits per heavy atom. The number of nitrogens with zero attached hydrogens (tertiary/aromatic N) is 3. The molecule has 0 unspecified atom stereocenters. The van der Waals surface area contributed by atoms with Crippen LogP contribution in [-0.2, 0) is 6.54 Å². The molecule has 17 heavy (non-hydrogen) atoms. The van der Waals surface area contributed by atoms with Gasteiger partial charge in [-0.1, -0.05) is 13.8 Å². The van der Waals surface area contributed by atoms with Crippen LogP contribution in [0, 0.1) is 5.41 Å². The highest BCUT2D eigenvalue weighted by molar-refractivity contribution is 5.36. The lowest BCUT2D eigenvalue weighted by Crippen LogP contribution is -2.37. The Labute approximate surface area is 103 Å². The fraction of sp³-hybridized carbons (Fsp3) is 0.692. The van der Waals surface area contributed by atoms with Crippen LogP contribution in [0.5, 0.6) is 0 Å². The molecular formula is C13H22N4. The van der Waals surface area contributed by atoms with Crippen molar-refractivity contribution in [1.82, 2.24) is 15.3 Å². The van der Waals surface area contributed by atoms with Crippen LogP contribution in [0.25, 0.3) is 0 Å². The fourth-order valence-corrected chi connectivity index (χ4v) is 2.12. The molecule has 0 saturated carbocycles. The minimum atomic E-state index is 0.482. The second kappa shape index (κ2) is 5.00. The monoisotopic (exact) mass is 234 g/mol. The maximum absolute atomic E-state index is 4.49. The molecule has 1 saturated heterocycles. The van der Waals surface area contributed by atoms with Crippen molar-refractivity contribution < 1.29 is 0 Å². The molecule has 1 N–H and O–H groups in total. The van der Waals surface area contributed by atoms with Gasteiger partial charge < -0.3 is 10.2 Å². The molecule has 2 heterocycles. The normalized spacial score (nSPS) is 19.4. The third-order valence-electron chi connectivity index (χ3n) is 3.49. The Hall–Kier alpha value is -1.16. The molecule has 1 aliphatic rings. The van der Waals surface area contributed by atoms with E-state index in [1.807, 2.05) is 19.4 Å². The van der Waals surface area contributed by atoms with E-state index in [1.165, 1.54) is 12.8 Å². The topological polar surface area (TPSA) is 41.1 Å². The molecule has 0 spiro atoms. The van der Waals surface area contributed by atoms with Gasteiger partial charge in [-0.25, -0.2) is 4.98 Å². The van der Waals surface area contributed by atoms with E-state index in [4.69, 9.17) is 0 Å². The summed E-state index contributed by atoms with van der Waals surface area (Å²) >= 11 is 0. The van der Waals surface area contributed by atoms with E-state index >= 15 is 0 Å². The molecule has 1 aliphatic heterocycles. The lowest BCUT2D eigenvalue weighted by Gasteiger charge is -2.37. The van der Waals surface area contributed by atoms with Crippen molar-refractivity contribution in [2.75, 3.05) is 25.0 Å². The Bertz CT molecular complexity index is 348. The van der Waals surface area contributed by atoms with Gasteiger partial charge in [0.1, 0.15) is 5.82 Å². The summed E-state index contributed by atoms with van der Waals surface area (Å²) in [7, 11) is 1.92. The molecule has 0 atom stereocenters. The van der Waals surface area contributed by atoms with Crippen molar-refractivity contribution in [3.8, 4) is 0 Å². The van der Waals surface area contributed by atoms with Gasteiger partial charge in [0.05, 0.1) is 18.1 Å². The highest BCUT2D eigenvalue weighted by Crippen LogP contribution is 2.31. The van der Waals surface area contributed by atoms with Crippen molar-refractivity contribution in [2.24, 2.45) is 5.41 Å². The van der Waals surface area contributed by atoms with Crippen LogP contribution in [0.4, 0.5) is 5.82 Å². The number of aromatic nitrogens is 2. The zero-order chi connectivity index (χ0) is 12.3. The molecule has 2 rings (SSSR count). The number of hydrogen-bond donors (Lipinski definition) is 1. The van der Waals surface area contributed by atoms with Gasteiger partial charge in [-0.15, -0.1) is 0 Å². The van der Waals surface area contributed by atoms with Gasteiger partial charge in [-0.05, 0) is 25.3 Å². The predicted octanol–water partition coefficient (Wildman–Crippen LogP) is 1.82. The van der Waals surface area contributed by atoms with E-state index in [-0.39, 0.29) is 0 Å². The van der Waals surface area contributed by atoms with Gasteiger partial charge >= 0.3 is 0 Å². The second-order valence-electron chi connectivity index (χ2n) is 5.55. The molecule has 1 fully saturated rings. The summed E-state index contributed by atoms with van der Waals surface area (Å²) in [6.45, 7) is 7.64. The van der Waals surface area contributed by atoms with Crippen molar-refractivity contribution in [3.63, 3.8) is 0 Å². The lowest BCUT2D eigenvalue weighted by atomic mass is 9.83. The number of piperidine rings is 1. The smallest absolute Gasteiger partial charge is 0.147 e. The highest BCUT2D eigenvalue weighted by Gasteiger charge is 2.25. The Morgan fingerprint density at radius 2 is 1.94 bits per heavy atom. The van der Waals surface area contributed by atoms with E-state index in [1.54, 1.807) is 0 Å². The molecule has 0 amide bonds. The van der Waals surface area contributed by atoms with Crippen molar-refractivity contribution in [2.45, 2.75) is 33.2 Å². The third-order valence-corrected chi connectivity index (χ3v) is 3.49. The first-order valence-electron chi connectivity index (χ1n) is 6.31. The first kappa shape index (κ1) is 12.3. The van der Waals surface area contributed by atoms with Crippen LogP contribution in [-0.4, -0.2) is 30.1 Å². The van der Waals surface area contributed by atoms with E-state index in [0.717, 1.165) is 31.1 Å². The van der Waals surface area contributed by atoms with Crippen molar-refractivity contribution in [3.05, 3.63) is 18.1 Å². The molecule has 4 heteroatoms. The summed E-state index contributed by atoms with van der Waals surface area (Å²) < 4.78 is 0. The fourth-order valence-electron chi connectivity index (χ4n) is 2.12. The summed E-state index contributed by atoms with van der Waals surface area (Å²) in [4.78, 5) is 11.2.